The number of anilines is 2. The summed E-state index contributed by atoms with van der Waals surface area (Å²) in [6.45, 7) is 0.959. The van der Waals surface area contributed by atoms with Crippen molar-refractivity contribution in [3.63, 3.8) is 0 Å². The van der Waals surface area contributed by atoms with Gasteiger partial charge in [0.05, 0.1) is 33.7 Å². The molecule has 0 saturated heterocycles. The second-order valence-corrected chi connectivity index (χ2v) is 11.5. The van der Waals surface area contributed by atoms with Gasteiger partial charge in [-0.25, -0.2) is 13.4 Å². The van der Waals surface area contributed by atoms with Gasteiger partial charge < -0.3 is 4.90 Å². The van der Waals surface area contributed by atoms with Crippen molar-refractivity contribution >= 4 is 38.9 Å². The van der Waals surface area contributed by atoms with Gasteiger partial charge in [-0.3, -0.25) is 14.7 Å². The third-order valence-electron chi connectivity index (χ3n) is 6.02. The van der Waals surface area contributed by atoms with Crippen LogP contribution in [0.2, 0.25) is 5.02 Å². The molecule has 1 amide bonds. The zero-order valence-electron chi connectivity index (χ0n) is 19.6. The second kappa shape index (κ2) is 11.4. The maximum absolute atomic E-state index is 13.3. The number of carbonyl (C=O) groups excluding carboxylic acids is 1. The lowest BCUT2D eigenvalue weighted by atomic mass is 10.0. The van der Waals surface area contributed by atoms with E-state index in [-0.39, 0.29) is 15.8 Å². The van der Waals surface area contributed by atoms with E-state index < -0.39 is 9.84 Å². The van der Waals surface area contributed by atoms with Crippen LogP contribution in [0.25, 0.3) is 0 Å². The SMILES string of the molecule is CN(C)CCCc1cnc(N(C(=O)CCC2CCCC2)c2ccc(S(C)(=O)=O)c(Cl)c2)cn1. The first kappa shape index (κ1) is 25.6. The molecular formula is C24H33ClN4O3S. The standard InChI is InChI=1S/C24H33ClN4O3S/c1-28(2)14-6-9-19-16-27-23(17-26-19)29(24(30)13-10-18-7-4-5-8-18)20-11-12-22(21(25)15-20)33(3,31)32/h11-12,15-18H,4-10,13-14H2,1-3H3. The van der Waals surface area contributed by atoms with Crippen LogP contribution in [-0.4, -0.2) is 56.1 Å². The van der Waals surface area contributed by atoms with E-state index in [4.69, 9.17) is 11.6 Å². The number of nitrogens with zero attached hydrogens (tertiary/aromatic N) is 4. The van der Waals surface area contributed by atoms with Crippen LogP contribution in [0, 0.1) is 5.92 Å². The number of hydrogen-bond donors (Lipinski definition) is 0. The lowest BCUT2D eigenvalue weighted by Crippen LogP contribution is -2.27. The molecule has 0 spiro atoms. The molecule has 1 heterocycles. The van der Waals surface area contributed by atoms with Crippen LogP contribution in [0.5, 0.6) is 0 Å². The Kier molecular flexibility index (Phi) is 8.84. The molecule has 0 radical (unpaired) electrons. The van der Waals surface area contributed by atoms with E-state index in [9.17, 15) is 13.2 Å². The molecule has 33 heavy (non-hydrogen) atoms. The summed E-state index contributed by atoms with van der Waals surface area (Å²) in [5, 5.41) is 0.0804. The Hall–Kier alpha value is -2.03. The molecule has 180 valence electrons. The van der Waals surface area contributed by atoms with Gasteiger partial charge in [0.15, 0.2) is 15.7 Å². The monoisotopic (exact) mass is 492 g/mol. The first-order valence-corrected chi connectivity index (χ1v) is 13.7. The van der Waals surface area contributed by atoms with Crippen LogP contribution in [0.3, 0.4) is 0 Å². The second-order valence-electron chi connectivity index (χ2n) is 9.08. The predicted molar refractivity (Wildman–Crippen MR) is 132 cm³/mol. The average molecular weight is 493 g/mol. The normalized spacial score (nSPS) is 14.7. The molecule has 0 aliphatic heterocycles. The molecule has 0 bridgehead atoms. The van der Waals surface area contributed by atoms with Gasteiger partial charge in [0.2, 0.25) is 5.91 Å². The van der Waals surface area contributed by atoms with Gasteiger partial charge in [0, 0.05) is 12.7 Å². The molecule has 9 heteroatoms. The van der Waals surface area contributed by atoms with Crippen molar-refractivity contribution in [2.45, 2.75) is 56.3 Å². The fraction of sp³-hybridized carbons (Fsp3) is 0.542. The first-order chi connectivity index (χ1) is 15.6. The number of halogens is 1. The van der Waals surface area contributed by atoms with Gasteiger partial charge in [-0.2, -0.15) is 0 Å². The van der Waals surface area contributed by atoms with Gasteiger partial charge in [-0.1, -0.05) is 37.3 Å². The highest BCUT2D eigenvalue weighted by molar-refractivity contribution is 7.90. The number of benzene rings is 1. The van der Waals surface area contributed by atoms with Gasteiger partial charge >= 0.3 is 0 Å². The van der Waals surface area contributed by atoms with Crippen molar-refractivity contribution in [2.24, 2.45) is 5.92 Å². The van der Waals surface area contributed by atoms with E-state index in [1.807, 2.05) is 14.1 Å². The molecule has 0 atom stereocenters. The minimum atomic E-state index is -3.47. The topological polar surface area (TPSA) is 83.5 Å². The summed E-state index contributed by atoms with van der Waals surface area (Å²) in [6, 6.07) is 4.55. The number of hydrogen-bond acceptors (Lipinski definition) is 6. The highest BCUT2D eigenvalue weighted by Crippen LogP contribution is 2.33. The van der Waals surface area contributed by atoms with Gasteiger partial charge in [-0.15, -0.1) is 0 Å². The van der Waals surface area contributed by atoms with Crippen molar-refractivity contribution in [1.82, 2.24) is 14.9 Å². The van der Waals surface area contributed by atoms with Crippen LogP contribution in [0.1, 0.15) is 50.6 Å². The zero-order chi connectivity index (χ0) is 24.0. The number of aryl methyl sites for hydroxylation is 1. The molecule has 1 fully saturated rings. The molecule has 0 N–H and O–H groups in total. The number of sulfone groups is 1. The van der Waals surface area contributed by atoms with E-state index in [1.165, 1.54) is 42.7 Å². The van der Waals surface area contributed by atoms with E-state index in [0.717, 1.165) is 37.8 Å². The smallest absolute Gasteiger partial charge is 0.232 e. The maximum atomic E-state index is 13.3. The third-order valence-corrected chi connectivity index (χ3v) is 7.60. The summed E-state index contributed by atoms with van der Waals surface area (Å²) in [6.07, 6.45) is 12.2. The third kappa shape index (κ3) is 7.22. The molecule has 1 aromatic carbocycles. The van der Waals surface area contributed by atoms with Crippen LogP contribution in [0.15, 0.2) is 35.5 Å². The average Bonchev–Trinajstić information content (AvgIpc) is 3.26. The maximum Gasteiger partial charge on any atom is 0.232 e. The number of carbonyl (C=O) groups is 1. The molecule has 1 saturated carbocycles. The van der Waals surface area contributed by atoms with Crippen molar-refractivity contribution in [1.29, 1.82) is 0 Å². The Labute approximate surface area is 202 Å². The molecule has 2 aromatic rings. The Morgan fingerprint density at radius 3 is 2.45 bits per heavy atom. The van der Waals surface area contributed by atoms with Crippen molar-refractivity contribution < 1.29 is 13.2 Å². The van der Waals surface area contributed by atoms with Gasteiger partial charge in [0.25, 0.3) is 0 Å². The summed E-state index contributed by atoms with van der Waals surface area (Å²) < 4.78 is 23.9. The summed E-state index contributed by atoms with van der Waals surface area (Å²) in [7, 11) is 0.594. The molecule has 1 aliphatic carbocycles. The number of aromatic nitrogens is 2. The molecule has 3 rings (SSSR count). The van der Waals surface area contributed by atoms with E-state index in [0.29, 0.717) is 23.8 Å². The number of rotatable bonds is 10. The molecule has 1 aliphatic rings. The summed E-state index contributed by atoms with van der Waals surface area (Å²) >= 11 is 6.28. The van der Waals surface area contributed by atoms with Gasteiger partial charge in [-0.05, 0) is 64.0 Å². The minimum Gasteiger partial charge on any atom is -0.309 e. The van der Waals surface area contributed by atoms with E-state index in [2.05, 4.69) is 14.9 Å². The Balaban J connectivity index is 1.85. The van der Waals surface area contributed by atoms with Crippen molar-refractivity contribution in [3.8, 4) is 0 Å². The van der Waals surface area contributed by atoms with Crippen LogP contribution in [-0.2, 0) is 21.1 Å². The summed E-state index contributed by atoms with van der Waals surface area (Å²) in [5.41, 5.74) is 1.35. The summed E-state index contributed by atoms with van der Waals surface area (Å²) in [5.74, 6) is 0.892. The van der Waals surface area contributed by atoms with Gasteiger partial charge in [0.1, 0.15) is 0 Å². The molecule has 1 aromatic heterocycles. The predicted octanol–water partition coefficient (Wildman–Crippen LogP) is 4.66. The van der Waals surface area contributed by atoms with E-state index in [1.54, 1.807) is 18.5 Å². The lowest BCUT2D eigenvalue weighted by Gasteiger charge is -2.23. The number of amides is 1. The van der Waals surface area contributed by atoms with Crippen molar-refractivity contribution in [3.05, 3.63) is 41.3 Å². The minimum absolute atomic E-state index is 0.0357. The highest BCUT2D eigenvalue weighted by Gasteiger charge is 2.24. The first-order valence-electron chi connectivity index (χ1n) is 11.4. The van der Waals surface area contributed by atoms with E-state index >= 15 is 0 Å². The summed E-state index contributed by atoms with van der Waals surface area (Å²) in [4.78, 5) is 26.0. The highest BCUT2D eigenvalue weighted by atomic mass is 35.5. The molecule has 7 nitrogen and oxygen atoms in total. The van der Waals surface area contributed by atoms with Crippen LogP contribution >= 0.6 is 11.6 Å². The largest absolute Gasteiger partial charge is 0.309 e. The fourth-order valence-corrected chi connectivity index (χ4v) is 5.56. The Morgan fingerprint density at radius 1 is 1.15 bits per heavy atom. The molecule has 0 unspecified atom stereocenters. The van der Waals surface area contributed by atoms with Crippen LogP contribution < -0.4 is 4.90 Å². The molecular weight excluding hydrogens is 460 g/mol. The van der Waals surface area contributed by atoms with Crippen molar-refractivity contribution in [2.75, 3.05) is 31.8 Å². The fourth-order valence-electron chi connectivity index (χ4n) is 4.24. The lowest BCUT2D eigenvalue weighted by molar-refractivity contribution is -0.118. The Bertz CT molecular complexity index is 1050. The Morgan fingerprint density at radius 2 is 1.88 bits per heavy atom. The zero-order valence-corrected chi connectivity index (χ0v) is 21.2. The quantitative estimate of drug-likeness (QED) is 0.479. The van der Waals surface area contributed by atoms with Crippen LogP contribution in [0.4, 0.5) is 11.5 Å².